The molecule has 0 heterocycles. The number of benzene rings is 2. The summed E-state index contributed by atoms with van der Waals surface area (Å²) in [5.41, 5.74) is 0.916. The van der Waals surface area contributed by atoms with Gasteiger partial charge in [-0.05, 0) is 48.9 Å². The number of ether oxygens (including phenoxy) is 1. The normalized spacial score (nSPS) is 10.5. The summed E-state index contributed by atoms with van der Waals surface area (Å²) in [6.45, 7) is 2.21. The average molecular weight is 316 g/mol. The Balaban J connectivity index is 1.77. The lowest BCUT2D eigenvalue weighted by Gasteiger charge is -2.05. The van der Waals surface area contributed by atoms with Crippen molar-refractivity contribution in [1.82, 2.24) is 0 Å². The number of carbonyl (C=O) groups excluding carboxylic acids is 1. The molecule has 0 saturated carbocycles. The number of anilines is 1. The zero-order valence-corrected chi connectivity index (χ0v) is 12.7. The van der Waals surface area contributed by atoms with Gasteiger partial charge in [0.05, 0.1) is 18.5 Å². The predicted octanol–water partition coefficient (Wildman–Crippen LogP) is 3.21. The summed E-state index contributed by atoms with van der Waals surface area (Å²) in [7, 11) is 0. The molecule has 0 aliphatic carbocycles. The van der Waals surface area contributed by atoms with E-state index in [0.717, 1.165) is 11.3 Å². The average Bonchev–Trinajstić information content (AvgIpc) is 2.55. The molecule has 0 radical (unpaired) electrons. The van der Waals surface area contributed by atoms with Crippen LogP contribution in [0, 0.1) is 5.82 Å². The molecule has 0 aliphatic heterocycles. The van der Waals surface area contributed by atoms with Crippen molar-refractivity contribution in [2.75, 3.05) is 18.5 Å². The van der Waals surface area contributed by atoms with Gasteiger partial charge in [0.2, 0.25) is 0 Å². The maximum Gasteiger partial charge on any atom is 0.265 e. The standard InChI is InChI=1S/C17H17FN2O3/c1-2-22-14-9-7-13(8-10-14)11-19-23-12-17(21)20-16-6-4-3-5-15(16)18/h3-11H,2,12H2,1H3,(H,20,21)/b19-11-. The molecule has 0 aliphatic rings. The van der Waals surface area contributed by atoms with E-state index < -0.39 is 11.7 Å². The van der Waals surface area contributed by atoms with Crippen molar-refractivity contribution in [2.24, 2.45) is 5.16 Å². The smallest absolute Gasteiger partial charge is 0.265 e. The molecule has 2 aromatic rings. The zero-order chi connectivity index (χ0) is 16.5. The molecule has 1 N–H and O–H groups in total. The lowest BCUT2D eigenvalue weighted by molar-refractivity contribution is -0.120. The first-order chi connectivity index (χ1) is 11.2. The van der Waals surface area contributed by atoms with Crippen LogP contribution in [0.3, 0.4) is 0 Å². The second-order valence-corrected chi connectivity index (χ2v) is 4.54. The number of nitrogens with zero attached hydrogens (tertiary/aromatic N) is 1. The van der Waals surface area contributed by atoms with E-state index in [-0.39, 0.29) is 12.3 Å². The van der Waals surface area contributed by atoms with Gasteiger partial charge in [-0.1, -0.05) is 17.3 Å². The number of nitrogens with one attached hydrogen (secondary N) is 1. The summed E-state index contributed by atoms with van der Waals surface area (Å²) in [6.07, 6.45) is 1.48. The first kappa shape index (κ1) is 16.5. The van der Waals surface area contributed by atoms with E-state index >= 15 is 0 Å². The SMILES string of the molecule is CCOc1ccc(/C=N\OCC(=O)Nc2ccccc2F)cc1. The molecular formula is C17H17FN2O3. The fourth-order valence-corrected chi connectivity index (χ4v) is 1.76. The van der Waals surface area contributed by atoms with Crippen LogP contribution in [-0.4, -0.2) is 25.3 Å². The Morgan fingerprint density at radius 2 is 1.96 bits per heavy atom. The van der Waals surface area contributed by atoms with E-state index in [9.17, 15) is 9.18 Å². The van der Waals surface area contributed by atoms with Gasteiger partial charge in [0.25, 0.3) is 5.91 Å². The molecule has 0 atom stereocenters. The molecule has 2 aromatic carbocycles. The number of carbonyl (C=O) groups is 1. The molecule has 0 bridgehead atoms. The predicted molar refractivity (Wildman–Crippen MR) is 86.2 cm³/mol. The number of para-hydroxylation sites is 1. The quantitative estimate of drug-likeness (QED) is 0.630. The van der Waals surface area contributed by atoms with Gasteiger partial charge in [0.1, 0.15) is 11.6 Å². The van der Waals surface area contributed by atoms with Crippen LogP contribution in [0.15, 0.2) is 53.7 Å². The van der Waals surface area contributed by atoms with Crippen LogP contribution in [0.4, 0.5) is 10.1 Å². The van der Waals surface area contributed by atoms with E-state index in [1.165, 1.54) is 18.3 Å². The summed E-state index contributed by atoms with van der Waals surface area (Å²) in [5, 5.41) is 6.10. The van der Waals surface area contributed by atoms with E-state index in [2.05, 4.69) is 10.5 Å². The van der Waals surface area contributed by atoms with E-state index in [0.29, 0.717) is 6.61 Å². The Labute approximate surface area is 133 Å². The first-order valence-corrected chi connectivity index (χ1v) is 7.11. The highest BCUT2D eigenvalue weighted by atomic mass is 19.1. The third-order valence-electron chi connectivity index (χ3n) is 2.81. The Morgan fingerprint density at radius 1 is 1.22 bits per heavy atom. The highest BCUT2D eigenvalue weighted by molar-refractivity contribution is 5.91. The van der Waals surface area contributed by atoms with Crippen LogP contribution in [0.5, 0.6) is 5.75 Å². The maximum atomic E-state index is 13.4. The summed E-state index contributed by atoms with van der Waals surface area (Å²) in [4.78, 5) is 16.5. The molecule has 6 heteroatoms. The fourth-order valence-electron chi connectivity index (χ4n) is 1.76. The molecule has 120 valence electrons. The van der Waals surface area contributed by atoms with Crippen molar-refractivity contribution in [3.63, 3.8) is 0 Å². The zero-order valence-electron chi connectivity index (χ0n) is 12.7. The minimum Gasteiger partial charge on any atom is -0.494 e. The molecule has 0 aromatic heterocycles. The van der Waals surface area contributed by atoms with Gasteiger partial charge in [0, 0.05) is 0 Å². The van der Waals surface area contributed by atoms with Gasteiger partial charge in [-0.3, -0.25) is 4.79 Å². The molecule has 0 saturated heterocycles. The Hall–Kier alpha value is -2.89. The van der Waals surface area contributed by atoms with Crippen molar-refractivity contribution in [1.29, 1.82) is 0 Å². The summed E-state index contributed by atoms with van der Waals surface area (Å²) < 4.78 is 18.7. The number of hydrogen-bond donors (Lipinski definition) is 1. The van der Waals surface area contributed by atoms with Gasteiger partial charge in [-0.15, -0.1) is 0 Å². The Morgan fingerprint density at radius 3 is 2.65 bits per heavy atom. The van der Waals surface area contributed by atoms with Crippen LogP contribution < -0.4 is 10.1 Å². The minimum absolute atomic E-state index is 0.108. The second-order valence-electron chi connectivity index (χ2n) is 4.54. The fraction of sp³-hybridized carbons (Fsp3) is 0.176. The number of amides is 1. The van der Waals surface area contributed by atoms with Crippen molar-refractivity contribution >= 4 is 17.8 Å². The second kappa shape index (κ2) is 8.53. The largest absolute Gasteiger partial charge is 0.494 e. The third kappa shape index (κ3) is 5.43. The first-order valence-electron chi connectivity index (χ1n) is 7.11. The Bertz CT molecular complexity index is 672. The minimum atomic E-state index is -0.501. The summed E-state index contributed by atoms with van der Waals surface area (Å²) >= 11 is 0. The summed E-state index contributed by atoms with van der Waals surface area (Å²) in [6, 6.07) is 13.2. The van der Waals surface area contributed by atoms with E-state index in [1.54, 1.807) is 12.1 Å². The summed E-state index contributed by atoms with van der Waals surface area (Å²) in [5.74, 6) is -0.215. The molecule has 0 unspecified atom stereocenters. The van der Waals surface area contributed by atoms with Crippen LogP contribution >= 0.6 is 0 Å². The number of halogens is 1. The molecule has 0 spiro atoms. The van der Waals surface area contributed by atoms with Gasteiger partial charge in [-0.2, -0.15) is 0 Å². The van der Waals surface area contributed by atoms with Crippen LogP contribution in [0.1, 0.15) is 12.5 Å². The highest BCUT2D eigenvalue weighted by Gasteiger charge is 2.06. The molecule has 0 fully saturated rings. The lowest BCUT2D eigenvalue weighted by atomic mass is 10.2. The number of hydrogen-bond acceptors (Lipinski definition) is 4. The molecule has 5 nitrogen and oxygen atoms in total. The van der Waals surface area contributed by atoms with Crippen molar-refractivity contribution in [3.05, 3.63) is 59.9 Å². The molecular weight excluding hydrogens is 299 g/mol. The Kier molecular flexibility index (Phi) is 6.11. The topological polar surface area (TPSA) is 59.9 Å². The van der Waals surface area contributed by atoms with Gasteiger partial charge < -0.3 is 14.9 Å². The molecule has 23 heavy (non-hydrogen) atoms. The van der Waals surface area contributed by atoms with Gasteiger partial charge in [-0.25, -0.2) is 4.39 Å². The van der Waals surface area contributed by atoms with Crippen LogP contribution in [-0.2, 0) is 9.63 Å². The van der Waals surface area contributed by atoms with Gasteiger partial charge in [0.15, 0.2) is 6.61 Å². The van der Waals surface area contributed by atoms with Crippen LogP contribution in [0.2, 0.25) is 0 Å². The van der Waals surface area contributed by atoms with Crippen molar-refractivity contribution < 1.29 is 18.8 Å². The van der Waals surface area contributed by atoms with E-state index in [4.69, 9.17) is 9.57 Å². The lowest BCUT2D eigenvalue weighted by Crippen LogP contribution is -2.17. The van der Waals surface area contributed by atoms with E-state index in [1.807, 2.05) is 31.2 Å². The monoisotopic (exact) mass is 316 g/mol. The van der Waals surface area contributed by atoms with Crippen molar-refractivity contribution in [3.8, 4) is 5.75 Å². The van der Waals surface area contributed by atoms with Crippen LogP contribution in [0.25, 0.3) is 0 Å². The van der Waals surface area contributed by atoms with Crippen molar-refractivity contribution in [2.45, 2.75) is 6.92 Å². The third-order valence-corrected chi connectivity index (χ3v) is 2.81. The van der Waals surface area contributed by atoms with Gasteiger partial charge >= 0.3 is 0 Å². The molecule has 2 rings (SSSR count). The molecule has 1 amide bonds. The number of rotatable bonds is 7. The number of oxime groups is 1. The highest BCUT2D eigenvalue weighted by Crippen LogP contribution is 2.12. The maximum absolute atomic E-state index is 13.4.